The van der Waals surface area contributed by atoms with Crippen LogP contribution in [0, 0.1) is 0 Å². The van der Waals surface area contributed by atoms with E-state index in [1.807, 2.05) is 42.5 Å². The average molecular weight is 324 g/mol. The van der Waals surface area contributed by atoms with Gasteiger partial charge in [-0.3, -0.25) is 0 Å². The Kier molecular flexibility index (Phi) is 3.14. The van der Waals surface area contributed by atoms with E-state index in [1.165, 1.54) is 5.30 Å². The highest BCUT2D eigenvalue weighted by atomic mass is 32.2. The average Bonchev–Trinajstić information content (AvgIpc) is 2.56. The quantitative estimate of drug-likeness (QED) is 0.504. The Morgan fingerprint density at radius 2 is 1.05 bits per heavy atom. The van der Waals surface area contributed by atoms with Gasteiger partial charge in [0.1, 0.15) is 0 Å². The highest BCUT2D eigenvalue weighted by Gasteiger charge is 2.35. The lowest BCUT2D eigenvalue weighted by atomic mass is 10.3. The third-order valence-electron chi connectivity index (χ3n) is 3.81. The lowest BCUT2D eigenvalue weighted by molar-refractivity contribution is 0.597. The summed E-state index contributed by atoms with van der Waals surface area (Å²) in [6, 6.07) is 24.9. The lowest BCUT2D eigenvalue weighted by Crippen LogP contribution is -2.33. The van der Waals surface area contributed by atoms with Gasteiger partial charge in [-0.25, -0.2) is 8.42 Å². The molecule has 1 heterocycles. The van der Waals surface area contributed by atoms with Gasteiger partial charge in [0.15, 0.2) is 0 Å². The zero-order valence-electron chi connectivity index (χ0n) is 11.7. The summed E-state index contributed by atoms with van der Waals surface area (Å²) in [4.78, 5) is 0.896. The molecule has 0 amide bonds. The van der Waals surface area contributed by atoms with E-state index >= 15 is 0 Å². The first-order valence-corrected chi connectivity index (χ1v) is 9.80. The predicted molar refractivity (Wildman–Crippen MR) is 90.6 cm³/mol. The summed E-state index contributed by atoms with van der Waals surface area (Å²) < 4.78 is 25.8. The molecular weight excluding hydrogens is 311 g/mol. The van der Waals surface area contributed by atoms with Crippen LogP contribution in [0.3, 0.4) is 0 Å². The van der Waals surface area contributed by atoms with Gasteiger partial charge in [-0.2, -0.15) is 0 Å². The van der Waals surface area contributed by atoms with Gasteiger partial charge in [-0.1, -0.05) is 66.7 Å². The van der Waals surface area contributed by atoms with E-state index in [9.17, 15) is 8.42 Å². The van der Waals surface area contributed by atoms with Crippen LogP contribution in [0.1, 0.15) is 0 Å². The van der Waals surface area contributed by atoms with Crippen molar-refractivity contribution in [3.05, 3.63) is 78.9 Å². The van der Waals surface area contributed by atoms with Crippen molar-refractivity contribution < 1.29 is 8.42 Å². The smallest absolute Gasteiger partial charge is 0.207 e. The second-order valence-electron chi connectivity index (χ2n) is 5.11. The van der Waals surface area contributed by atoms with Gasteiger partial charge in [0.05, 0.1) is 9.79 Å². The SMILES string of the molecule is O=S1(=O)c2ccccc2P(c2ccccc2)c2ccccc21. The molecule has 0 bridgehead atoms. The van der Waals surface area contributed by atoms with Crippen molar-refractivity contribution >= 4 is 33.7 Å². The molecule has 1 aliphatic rings. The first kappa shape index (κ1) is 13.7. The van der Waals surface area contributed by atoms with Crippen LogP contribution < -0.4 is 15.9 Å². The molecule has 108 valence electrons. The molecule has 0 aromatic heterocycles. The zero-order valence-corrected chi connectivity index (χ0v) is 13.4. The summed E-state index contributed by atoms with van der Waals surface area (Å²) in [6.45, 7) is 0. The minimum absolute atomic E-state index is 0.448. The van der Waals surface area contributed by atoms with Crippen LogP contribution in [0.2, 0.25) is 0 Å². The van der Waals surface area contributed by atoms with Gasteiger partial charge in [-0.15, -0.1) is 0 Å². The van der Waals surface area contributed by atoms with Crippen molar-refractivity contribution in [2.24, 2.45) is 0 Å². The second-order valence-corrected chi connectivity index (χ2v) is 9.15. The van der Waals surface area contributed by atoms with Crippen molar-refractivity contribution in [2.75, 3.05) is 0 Å². The van der Waals surface area contributed by atoms with E-state index in [2.05, 4.69) is 12.1 Å². The Morgan fingerprint density at radius 3 is 1.59 bits per heavy atom. The summed E-state index contributed by atoms with van der Waals surface area (Å²) in [7, 11) is -4.26. The van der Waals surface area contributed by atoms with E-state index in [0.717, 1.165) is 10.6 Å². The van der Waals surface area contributed by atoms with Crippen molar-refractivity contribution in [1.82, 2.24) is 0 Å². The number of sulfone groups is 1. The lowest BCUT2D eigenvalue weighted by Gasteiger charge is -2.28. The second kappa shape index (κ2) is 5.05. The molecule has 3 aromatic rings. The maximum Gasteiger partial charge on any atom is 0.207 e. The minimum Gasteiger partial charge on any atom is -0.218 e. The Morgan fingerprint density at radius 1 is 0.591 bits per heavy atom. The fraction of sp³-hybridized carbons (Fsp3) is 0. The third kappa shape index (κ3) is 1.93. The molecular formula is C18H13O2PS. The standard InChI is InChI=1S/C18H13O2PS/c19-22(20)17-12-6-4-10-15(17)21(14-8-2-1-3-9-14)16-11-5-7-13-18(16)22/h1-13H. The van der Waals surface area contributed by atoms with Crippen LogP contribution in [0.15, 0.2) is 88.7 Å². The molecule has 0 atom stereocenters. The Hall–Kier alpha value is -1.96. The topological polar surface area (TPSA) is 34.1 Å². The van der Waals surface area contributed by atoms with E-state index < -0.39 is 17.8 Å². The summed E-state index contributed by atoms with van der Waals surface area (Å²) in [6.07, 6.45) is 0. The van der Waals surface area contributed by atoms with E-state index in [0.29, 0.717) is 9.79 Å². The van der Waals surface area contributed by atoms with Crippen LogP contribution in [-0.2, 0) is 9.84 Å². The van der Waals surface area contributed by atoms with E-state index in [1.54, 1.807) is 24.3 Å². The summed E-state index contributed by atoms with van der Waals surface area (Å²) >= 11 is 0. The maximum atomic E-state index is 12.9. The molecule has 0 fully saturated rings. The number of rotatable bonds is 1. The van der Waals surface area contributed by atoms with Gasteiger partial charge in [0.2, 0.25) is 9.84 Å². The minimum atomic E-state index is -3.43. The Balaban J connectivity index is 2.10. The molecule has 0 spiro atoms. The molecule has 1 aliphatic heterocycles. The molecule has 4 rings (SSSR count). The molecule has 4 heteroatoms. The van der Waals surface area contributed by atoms with Crippen molar-refractivity contribution in [3.63, 3.8) is 0 Å². The fourth-order valence-electron chi connectivity index (χ4n) is 2.84. The van der Waals surface area contributed by atoms with Crippen LogP contribution in [-0.4, -0.2) is 8.42 Å². The maximum absolute atomic E-state index is 12.9. The molecule has 0 aliphatic carbocycles. The van der Waals surface area contributed by atoms with E-state index in [4.69, 9.17) is 0 Å². The first-order chi connectivity index (χ1) is 10.7. The van der Waals surface area contributed by atoms with Crippen LogP contribution in [0.25, 0.3) is 0 Å². The van der Waals surface area contributed by atoms with Crippen LogP contribution >= 0.6 is 7.92 Å². The molecule has 0 radical (unpaired) electrons. The molecule has 22 heavy (non-hydrogen) atoms. The molecule has 0 saturated heterocycles. The van der Waals surface area contributed by atoms with Crippen LogP contribution in [0.4, 0.5) is 0 Å². The van der Waals surface area contributed by atoms with Crippen LogP contribution in [0.5, 0.6) is 0 Å². The Bertz CT molecular complexity index is 896. The van der Waals surface area contributed by atoms with Crippen molar-refractivity contribution in [2.45, 2.75) is 9.79 Å². The highest BCUT2D eigenvalue weighted by Crippen LogP contribution is 2.42. The summed E-state index contributed by atoms with van der Waals surface area (Å²) in [5, 5.41) is 3.01. The molecule has 0 unspecified atom stereocenters. The normalized spacial score (nSPS) is 15.8. The van der Waals surface area contributed by atoms with E-state index in [-0.39, 0.29) is 0 Å². The molecule has 2 nitrogen and oxygen atoms in total. The predicted octanol–water partition coefficient (Wildman–Crippen LogP) is 2.59. The number of hydrogen-bond acceptors (Lipinski definition) is 2. The monoisotopic (exact) mass is 324 g/mol. The largest absolute Gasteiger partial charge is 0.218 e. The number of benzene rings is 3. The summed E-state index contributed by atoms with van der Waals surface area (Å²) in [5.41, 5.74) is 0. The van der Waals surface area contributed by atoms with Crippen molar-refractivity contribution in [3.8, 4) is 0 Å². The van der Waals surface area contributed by atoms with Gasteiger partial charge >= 0.3 is 0 Å². The molecule has 0 N–H and O–H groups in total. The Labute approximate surface area is 131 Å². The molecule has 0 saturated carbocycles. The summed E-state index contributed by atoms with van der Waals surface area (Å²) in [5.74, 6) is 0. The van der Waals surface area contributed by atoms with Gasteiger partial charge in [0, 0.05) is 10.6 Å². The van der Waals surface area contributed by atoms with Gasteiger partial charge in [-0.05, 0) is 25.4 Å². The third-order valence-corrected chi connectivity index (χ3v) is 8.54. The fourth-order valence-corrected chi connectivity index (χ4v) is 7.90. The van der Waals surface area contributed by atoms with Gasteiger partial charge < -0.3 is 0 Å². The molecule has 3 aromatic carbocycles. The van der Waals surface area contributed by atoms with Gasteiger partial charge in [0.25, 0.3) is 0 Å². The number of fused-ring (bicyclic) bond motifs is 2. The highest BCUT2D eigenvalue weighted by molar-refractivity contribution is 7.95. The number of hydrogen-bond donors (Lipinski definition) is 0. The first-order valence-electron chi connectivity index (χ1n) is 6.98. The zero-order chi connectivity index (χ0) is 15.2. The van der Waals surface area contributed by atoms with Crippen molar-refractivity contribution in [1.29, 1.82) is 0 Å².